The van der Waals surface area contributed by atoms with E-state index in [1.165, 1.54) is 0 Å². The molecule has 2 rings (SSSR count). The van der Waals surface area contributed by atoms with Gasteiger partial charge in [0.25, 0.3) is 0 Å². The fraction of sp³-hybridized carbons (Fsp3) is 0.375. The van der Waals surface area contributed by atoms with Gasteiger partial charge in [-0.15, -0.1) is 0 Å². The van der Waals surface area contributed by atoms with E-state index in [0.717, 1.165) is 29.0 Å². The highest BCUT2D eigenvalue weighted by molar-refractivity contribution is 6.35. The van der Waals surface area contributed by atoms with Crippen LogP contribution in [-0.2, 0) is 6.42 Å². The lowest BCUT2D eigenvalue weighted by Gasteiger charge is -2.16. The summed E-state index contributed by atoms with van der Waals surface area (Å²) in [6.45, 7) is 6.33. The summed E-state index contributed by atoms with van der Waals surface area (Å²) >= 11 is 12.1. The Kier molecular flexibility index (Phi) is 5.91. The Hall–Kier alpha value is -1.72. The Bertz CT molecular complexity index is 693. The minimum Gasteiger partial charge on any atom is -0.370 e. The fourth-order valence-corrected chi connectivity index (χ4v) is 2.92. The number of hydrogen-bond acceptors (Lipinski definition) is 3. The molecule has 0 bridgehead atoms. The summed E-state index contributed by atoms with van der Waals surface area (Å²) < 4.78 is 5.13. The first-order valence-corrected chi connectivity index (χ1v) is 8.07. The van der Waals surface area contributed by atoms with Crippen molar-refractivity contribution in [3.05, 3.63) is 50.8 Å². The molecule has 1 aromatic carbocycles. The number of guanidine groups is 1. The van der Waals surface area contributed by atoms with E-state index in [9.17, 15) is 0 Å². The highest BCUT2D eigenvalue weighted by Crippen LogP contribution is 2.25. The normalized spacial score (nSPS) is 13.2. The minimum atomic E-state index is -0.0671. The summed E-state index contributed by atoms with van der Waals surface area (Å²) in [5, 5.41) is 8.25. The molecule has 5 nitrogen and oxygen atoms in total. The highest BCUT2D eigenvalue weighted by atomic mass is 35.5. The van der Waals surface area contributed by atoms with Crippen LogP contribution >= 0.6 is 23.2 Å². The lowest BCUT2D eigenvalue weighted by atomic mass is 10.1. The van der Waals surface area contributed by atoms with Crippen molar-refractivity contribution in [3.8, 4) is 0 Å². The summed E-state index contributed by atoms with van der Waals surface area (Å²) in [6.07, 6.45) is 0.736. The van der Waals surface area contributed by atoms with Crippen LogP contribution in [0.5, 0.6) is 0 Å². The predicted octanol–water partition coefficient (Wildman–Crippen LogP) is 3.81. The van der Waals surface area contributed by atoms with Crippen molar-refractivity contribution < 1.29 is 4.52 Å². The molecule has 0 aliphatic heterocycles. The smallest absolute Gasteiger partial charge is 0.189 e. The molecular formula is C16H20Cl2N4O. The van der Waals surface area contributed by atoms with E-state index < -0.39 is 0 Å². The van der Waals surface area contributed by atoms with Gasteiger partial charge >= 0.3 is 0 Å². The quantitative estimate of drug-likeness (QED) is 0.632. The zero-order chi connectivity index (χ0) is 17.0. The Balaban J connectivity index is 1.94. The second-order valence-electron chi connectivity index (χ2n) is 5.35. The van der Waals surface area contributed by atoms with Gasteiger partial charge in [-0.2, -0.15) is 0 Å². The van der Waals surface area contributed by atoms with Crippen LogP contribution in [0.15, 0.2) is 27.7 Å². The molecule has 23 heavy (non-hydrogen) atoms. The summed E-state index contributed by atoms with van der Waals surface area (Å²) in [4.78, 5) is 4.34. The molecule has 0 saturated heterocycles. The largest absolute Gasteiger partial charge is 0.370 e. The molecule has 0 aliphatic carbocycles. The first-order chi connectivity index (χ1) is 10.9. The predicted molar refractivity (Wildman–Crippen MR) is 94.2 cm³/mol. The van der Waals surface area contributed by atoms with Gasteiger partial charge in [0.15, 0.2) is 5.96 Å². The summed E-state index contributed by atoms with van der Waals surface area (Å²) in [5.74, 6) is 1.20. The number of benzene rings is 1. The number of nitrogens with two attached hydrogens (primary N) is 1. The Morgan fingerprint density at radius 3 is 2.74 bits per heavy atom. The van der Waals surface area contributed by atoms with E-state index in [1.807, 2.05) is 26.8 Å². The SMILES string of the molecule is Cc1noc(C)c1CCN=C(N)NC(C)c1ccc(Cl)cc1Cl. The van der Waals surface area contributed by atoms with Crippen molar-refractivity contribution in [1.82, 2.24) is 10.5 Å². The molecule has 3 N–H and O–H groups in total. The molecule has 2 aromatic rings. The molecule has 0 spiro atoms. The van der Waals surface area contributed by atoms with Crippen LogP contribution in [0.4, 0.5) is 0 Å². The first-order valence-electron chi connectivity index (χ1n) is 7.31. The maximum Gasteiger partial charge on any atom is 0.189 e. The van der Waals surface area contributed by atoms with Crippen molar-refractivity contribution in [3.63, 3.8) is 0 Å². The average molecular weight is 355 g/mol. The van der Waals surface area contributed by atoms with Crippen LogP contribution in [0.1, 0.15) is 35.5 Å². The lowest BCUT2D eigenvalue weighted by Crippen LogP contribution is -2.34. The zero-order valence-corrected chi connectivity index (χ0v) is 14.9. The number of nitrogens with zero attached hydrogens (tertiary/aromatic N) is 2. The Morgan fingerprint density at radius 1 is 1.39 bits per heavy atom. The number of aryl methyl sites for hydroxylation is 2. The lowest BCUT2D eigenvalue weighted by molar-refractivity contribution is 0.392. The van der Waals surface area contributed by atoms with Crippen molar-refractivity contribution in [2.24, 2.45) is 10.7 Å². The van der Waals surface area contributed by atoms with Gasteiger partial charge in [-0.3, -0.25) is 4.99 Å². The van der Waals surface area contributed by atoms with E-state index in [1.54, 1.807) is 12.1 Å². The molecule has 1 heterocycles. The Morgan fingerprint density at radius 2 is 2.13 bits per heavy atom. The van der Waals surface area contributed by atoms with Crippen LogP contribution in [0.2, 0.25) is 10.0 Å². The molecule has 1 atom stereocenters. The van der Waals surface area contributed by atoms with E-state index in [2.05, 4.69) is 15.5 Å². The third-order valence-corrected chi connectivity index (χ3v) is 4.18. The monoisotopic (exact) mass is 354 g/mol. The van der Waals surface area contributed by atoms with Crippen molar-refractivity contribution >= 4 is 29.2 Å². The molecule has 0 saturated carbocycles. The number of rotatable bonds is 5. The van der Waals surface area contributed by atoms with Crippen LogP contribution in [0.25, 0.3) is 0 Å². The Labute approximate surface area is 145 Å². The van der Waals surface area contributed by atoms with Crippen LogP contribution in [0.3, 0.4) is 0 Å². The molecule has 0 fully saturated rings. The standard InChI is InChI=1S/C16H20Cl2N4O/c1-9(14-5-4-12(17)8-15(14)18)21-16(19)20-7-6-13-10(2)22-23-11(13)3/h4-5,8-9H,6-7H2,1-3H3,(H3,19,20,21). The maximum atomic E-state index is 6.19. The number of hydrogen-bond donors (Lipinski definition) is 2. The molecule has 1 unspecified atom stereocenters. The van der Waals surface area contributed by atoms with Gasteiger partial charge in [-0.1, -0.05) is 34.4 Å². The van der Waals surface area contributed by atoms with E-state index in [-0.39, 0.29) is 6.04 Å². The third-order valence-electron chi connectivity index (χ3n) is 3.62. The molecule has 7 heteroatoms. The van der Waals surface area contributed by atoms with Crippen molar-refractivity contribution in [2.75, 3.05) is 6.54 Å². The van der Waals surface area contributed by atoms with Gasteiger partial charge in [0.1, 0.15) is 5.76 Å². The van der Waals surface area contributed by atoms with Crippen molar-refractivity contribution in [1.29, 1.82) is 0 Å². The highest BCUT2D eigenvalue weighted by Gasteiger charge is 2.11. The molecule has 0 aliphatic rings. The molecule has 124 valence electrons. The minimum absolute atomic E-state index is 0.0671. The molecule has 1 aromatic heterocycles. The number of halogens is 2. The van der Waals surface area contributed by atoms with Gasteiger partial charge in [0, 0.05) is 22.2 Å². The molecule has 0 amide bonds. The molecule has 0 radical (unpaired) electrons. The van der Waals surface area contributed by atoms with E-state index in [4.69, 9.17) is 33.5 Å². The molecular weight excluding hydrogens is 335 g/mol. The first kappa shape index (κ1) is 17.6. The van der Waals surface area contributed by atoms with Crippen molar-refractivity contribution in [2.45, 2.75) is 33.2 Å². The number of aromatic nitrogens is 1. The summed E-state index contributed by atoms with van der Waals surface area (Å²) in [6, 6.07) is 5.31. The van der Waals surface area contributed by atoms with Gasteiger partial charge < -0.3 is 15.6 Å². The van der Waals surface area contributed by atoms with Crippen LogP contribution < -0.4 is 11.1 Å². The second-order valence-corrected chi connectivity index (χ2v) is 6.20. The van der Waals surface area contributed by atoms with Gasteiger partial charge in [-0.25, -0.2) is 0 Å². The van der Waals surface area contributed by atoms with E-state index in [0.29, 0.717) is 22.5 Å². The second kappa shape index (κ2) is 7.70. The zero-order valence-electron chi connectivity index (χ0n) is 13.4. The van der Waals surface area contributed by atoms with Gasteiger partial charge in [0.2, 0.25) is 0 Å². The summed E-state index contributed by atoms with van der Waals surface area (Å²) in [5.41, 5.74) is 8.83. The number of nitrogens with one attached hydrogen (secondary N) is 1. The third kappa shape index (κ3) is 4.62. The van der Waals surface area contributed by atoms with E-state index >= 15 is 0 Å². The number of aliphatic imine (C=N–C) groups is 1. The van der Waals surface area contributed by atoms with Crippen LogP contribution in [0, 0.1) is 13.8 Å². The van der Waals surface area contributed by atoms with Gasteiger partial charge in [0.05, 0.1) is 11.7 Å². The fourth-order valence-electron chi connectivity index (χ4n) is 2.34. The summed E-state index contributed by atoms with van der Waals surface area (Å²) in [7, 11) is 0. The van der Waals surface area contributed by atoms with Crippen LogP contribution in [-0.4, -0.2) is 17.7 Å². The maximum absolute atomic E-state index is 6.19. The average Bonchev–Trinajstić information content (AvgIpc) is 2.78. The van der Waals surface area contributed by atoms with Gasteiger partial charge in [-0.05, 0) is 44.9 Å². The topological polar surface area (TPSA) is 76.4 Å².